The molecule has 2 rings (SSSR count). The number of sulfonamides is 1. The van der Waals surface area contributed by atoms with E-state index in [1.165, 1.54) is 0 Å². The van der Waals surface area contributed by atoms with Gasteiger partial charge in [0.15, 0.2) is 0 Å². The predicted octanol–water partition coefficient (Wildman–Crippen LogP) is 1.99. The quantitative estimate of drug-likeness (QED) is 0.873. The van der Waals surface area contributed by atoms with E-state index in [2.05, 4.69) is 16.5 Å². The van der Waals surface area contributed by atoms with Crippen LogP contribution < -0.4 is 4.72 Å². The highest BCUT2D eigenvalue weighted by molar-refractivity contribution is 7.89. The van der Waals surface area contributed by atoms with Crippen LogP contribution in [0.15, 0.2) is 22.8 Å². The summed E-state index contributed by atoms with van der Waals surface area (Å²) in [5.41, 5.74) is 0. The summed E-state index contributed by atoms with van der Waals surface area (Å²) in [6.45, 7) is 6.07. The monoisotopic (exact) mass is 300 g/mol. The van der Waals surface area contributed by atoms with Crippen LogP contribution in [0.5, 0.6) is 0 Å². The van der Waals surface area contributed by atoms with Crippen LogP contribution in [0.1, 0.15) is 38.5 Å². The maximum atomic E-state index is 11.5. The second-order valence-corrected chi connectivity index (χ2v) is 7.59. The lowest BCUT2D eigenvalue weighted by molar-refractivity contribution is 0.104. The molecule has 1 N–H and O–H groups in total. The first-order valence-electron chi connectivity index (χ1n) is 7.26. The van der Waals surface area contributed by atoms with Crippen molar-refractivity contribution >= 4 is 10.0 Å². The molecular weight excluding hydrogens is 276 g/mol. The highest BCUT2D eigenvalue weighted by atomic mass is 32.2. The molecule has 6 heteroatoms. The van der Waals surface area contributed by atoms with Gasteiger partial charge in [-0.3, -0.25) is 4.90 Å². The van der Waals surface area contributed by atoms with Crippen LogP contribution in [0.4, 0.5) is 0 Å². The zero-order chi connectivity index (χ0) is 14.6. The highest BCUT2D eigenvalue weighted by Gasteiger charge is 2.29. The van der Waals surface area contributed by atoms with E-state index < -0.39 is 10.0 Å². The summed E-state index contributed by atoms with van der Waals surface area (Å²) in [5, 5.41) is 0. The number of likely N-dealkylation sites (tertiary alicyclic amines) is 1. The van der Waals surface area contributed by atoms with Gasteiger partial charge in [0.25, 0.3) is 0 Å². The molecule has 0 bridgehead atoms. The molecule has 5 nitrogen and oxygen atoms in total. The van der Waals surface area contributed by atoms with Crippen LogP contribution in [0.3, 0.4) is 0 Å². The van der Waals surface area contributed by atoms with Gasteiger partial charge in [0.2, 0.25) is 10.0 Å². The maximum absolute atomic E-state index is 11.5. The molecule has 1 saturated heterocycles. The van der Waals surface area contributed by atoms with E-state index >= 15 is 0 Å². The van der Waals surface area contributed by atoms with Gasteiger partial charge in [0.05, 0.1) is 18.1 Å². The number of rotatable bonds is 6. The van der Waals surface area contributed by atoms with Crippen molar-refractivity contribution in [3.8, 4) is 0 Å². The number of piperidine rings is 1. The van der Waals surface area contributed by atoms with Gasteiger partial charge in [-0.2, -0.15) is 0 Å². The fraction of sp³-hybridized carbons (Fsp3) is 0.714. The predicted molar refractivity (Wildman–Crippen MR) is 78.9 cm³/mol. The van der Waals surface area contributed by atoms with Crippen LogP contribution in [-0.4, -0.2) is 38.7 Å². The molecule has 0 unspecified atom stereocenters. The molecule has 0 aliphatic carbocycles. The minimum absolute atomic E-state index is 0.131. The van der Waals surface area contributed by atoms with Gasteiger partial charge in [-0.05, 0) is 44.4 Å². The summed E-state index contributed by atoms with van der Waals surface area (Å²) in [4.78, 5) is 2.32. The molecule has 1 fully saturated rings. The number of nitrogens with zero attached hydrogens (tertiary/aromatic N) is 1. The molecule has 0 radical (unpaired) electrons. The first-order valence-corrected chi connectivity index (χ1v) is 8.92. The lowest BCUT2D eigenvalue weighted by Gasteiger charge is -2.37. The first-order chi connectivity index (χ1) is 9.52. The lowest BCUT2D eigenvalue weighted by atomic mass is 9.91. The van der Waals surface area contributed by atoms with Gasteiger partial charge in [-0.1, -0.05) is 6.92 Å². The van der Waals surface area contributed by atoms with Crippen LogP contribution in [-0.2, 0) is 10.0 Å². The minimum atomic E-state index is -3.10. The molecular formula is C14H24N2O3S. The van der Waals surface area contributed by atoms with Gasteiger partial charge >= 0.3 is 0 Å². The van der Waals surface area contributed by atoms with Crippen molar-refractivity contribution in [3.63, 3.8) is 0 Å². The molecule has 0 saturated carbocycles. The number of nitrogens with one attached hydrogen (secondary N) is 1. The van der Waals surface area contributed by atoms with Gasteiger partial charge in [-0.25, -0.2) is 13.1 Å². The van der Waals surface area contributed by atoms with Crippen molar-refractivity contribution in [3.05, 3.63) is 24.2 Å². The fourth-order valence-electron chi connectivity index (χ4n) is 2.68. The fourth-order valence-corrected chi connectivity index (χ4v) is 3.29. The summed E-state index contributed by atoms with van der Waals surface area (Å²) in [6, 6.07) is 4.18. The molecule has 1 aromatic rings. The molecule has 2 atom stereocenters. The number of furan rings is 1. The standard InChI is InChI=1S/C14H24N2O3S/c1-3-20(17,18)15-7-9-16-8-6-12(2)11-13(16)14-5-4-10-19-14/h4-5,10,12-13,15H,3,6-9,11H2,1-2H3/t12-,13+/m0/s1. The molecule has 114 valence electrons. The molecule has 1 aliphatic heterocycles. The van der Waals surface area contributed by atoms with E-state index in [0.29, 0.717) is 12.5 Å². The summed E-state index contributed by atoms with van der Waals surface area (Å²) in [7, 11) is -3.10. The van der Waals surface area contributed by atoms with Gasteiger partial charge in [0.1, 0.15) is 5.76 Å². The SMILES string of the molecule is CCS(=O)(=O)NCCN1CC[C@H](C)C[C@@H]1c1ccco1. The summed E-state index contributed by atoms with van der Waals surface area (Å²) in [5.74, 6) is 1.79. The Morgan fingerprint density at radius 1 is 1.50 bits per heavy atom. The van der Waals surface area contributed by atoms with Crippen LogP contribution in [0, 0.1) is 5.92 Å². The molecule has 0 amide bonds. The molecule has 0 aromatic carbocycles. The van der Waals surface area contributed by atoms with E-state index in [4.69, 9.17) is 4.42 Å². The van der Waals surface area contributed by atoms with E-state index in [-0.39, 0.29) is 11.8 Å². The zero-order valence-electron chi connectivity index (χ0n) is 12.2. The topological polar surface area (TPSA) is 62.6 Å². The Morgan fingerprint density at radius 2 is 2.30 bits per heavy atom. The third kappa shape index (κ3) is 4.07. The Bertz CT molecular complexity index is 498. The maximum Gasteiger partial charge on any atom is 0.211 e. The average Bonchev–Trinajstić information content (AvgIpc) is 2.94. The van der Waals surface area contributed by atoms with Crippen molar-refractivity contribution in [1.82, 2.24) is 9.62 Å². The molecule has 20 heavy (non-hydrogen) atoms. The first kappa shape index (κ1) is 15.5. The average molecular weight is 300 g/mol. The Hall–Kier alpha value is -0.850. The Morgan fingerprint density at radius 3 is 2.95 bits per heavy atom. The summed E-state index contributed by atoms with van der Waals surface area (Å²) < 4.78 is 31.1. The summed E-state index contributed by atoms with van der Waals surface area (Å²) in [6.07, 6.45) is 3.92. The Balaban J connectivity index is 1.94. The normalized spacial score (nSPS) is 24.9. The van der Waals surface area contributed by atoms with Crippen molar-refractivity contribution in [2.45, 2.75) is 32.7 Å². The molecule has 0 spiro atoms. The second-order valence-electron chi connectivity index (χ2n) is 5.49. The van der Waals surface area contributed by atoms with Crippen molar-refractivity contribution in [2.24, 2.45) is 5.92 Å². The van der Waals surface area contributed by atoms with E-state index in [0.717, 1.165) is 31.7 Å². The number of hydrogen-bond donors (Lipinski definition) is 1. The third-order valence-electron chi connectivity index (χ3n) is 3.95. The summed E-state index contributed by atoms with van der Waals surface area (Å²) >= 11 is 0. The molecule has 1 aliphatic rings. The van der Waals surface area contributed by atoms with E-state index in [1.54, 1.807) is 13.2 Å². The van der Waals surface area contributed by atoms with E-state index in [1.807, 2.05) is 12.1 Å². The number of hydrogen-bond acceptors (Lipinski definition) is 4. The minimum Gasteiger partial charge on any atom is -0.468 e. The van der Waals surface area contributed by atoms with Gasteiger partial charge < -0.3 is 4.42 Å². The van der Waals surface area contributed by atoms with Crippen LogP contribution in [0.2, 0.25) is 0 Å². The van der Waals surface area contributed by atoms with E-state index in [9.17, 15) is 8.42 Å². The van der Waals surface area contributed by atoms with Crippen LogP contribution >= 0.6 is 0 Å². The van der Waals surface area contributed by atoms with Crippen molar-refractivity contribution in [2.75, 3.05) is 25.4 Å². The smallest absolute Gasteiger partial charge is 0.211 e. The Labute approximate surface area is 121 Å². The highest BCUT2D eigenvalue weighted by Crippen LogP contribution is 2.33. The van der Waals surface area contributed by atoms with Gasteiger partial charge in [-0.15, -0.1) is 0 Å². The van der Waals surface area contributed by atoms with Gasteiger partial charge in [0, 0.05) is 13.1 Å². The van der Waals surface area contributed by atoms with Crippen molar-refractivity contribution < 1.29 is 12.8 Å². The zero-order valence-corrected chi connectivity index (χ0v) is 13.0. The molecule has 2 heterocycles. The van der Waals surface area contributed by atoms with Crippen molar-refractivity contribution in [1.29, 1.82) is 0 Å². The van der Waals surface area contributed by atoms with Crippen LogP contribution in [0.25, 0.3) is 0 Å². The largest absolute Gasteiger partial charge is 0.468 e. The Kier molecular flexibility index (Phi) is 5.23. The molecule has 1 aromatic heterocycles. The lowest BCUT2D eigenvalue weighted by Crippen LogP contribution is -2.41. The third-order valence-corrected chi connectivity index (χ3v) is 5.35. The second kappa shape index (κ2) is 6.74.